The Morgan fingerprint density at radius 2 is 2.06 bits per heavy atom. The van der Waals surface area contributed by atoms with Crippen molar-refractivity contribution < 1.29 is 9.84 Å². The first-order chi connectivity index (χ1) is 8.20. The number of nitrogens with two attached hydrogens (primary N) is 1. The molecule has 3 nitrogen and oxygen atoms in total. The molecule has 2 rings (SSSR count). The van der Waals surface area contributed by atoms with E-state index in [2.05, 4.69) is 6.92 Å². The quantitative estimate of drug-likeness (QED) is 0.842. The molecule has 0 aliphatic heterocycles. The highest BCUT2D eigenvalue weighted by atomic mass is 16.5. The first-order valence-electron chi connectivity index (χ1n) is 6.41. The molecule has 0 saturated heterocycles. The van der Waals surface area contributed by atoms with E-state index >= 15 is 0 Å². The van der Waals surface area contributed by atoms with Gasteiger partial charge in [-0.25, -0.2) is 0 Å². The van der Waals surface area contributed by atoms with E-state index in [1.165, 1.54) is 0 Å². The van der Waals surface area contributed by atoms with Gasteiger partial charge in [-0.1, -0.05) is 19.1 Å². The number of aliphatic hydroxyl groups excluding tert-OH is 1. The number of rotatable bonds is 4. The van der Waals surface area contributed by atoms with Gasteiger partial charge >= 0.3 is 0 Å². The third-order valence-electron chi connectivity index (χ3n) is 3.45. The normalized spacial score (nSPS) is 25.8. The molecule has 94 valence electrons. The molecule has 0 aromatic heterocycles. The molecule has 3 atom stereocenters. The molecule has 3 heteroatoms. The van der Waals surface area contributed by atoms with Crippen LogP contribution in [0.1, 0.15) is 44.2 Å². The lowest BCUT2D eigenvalue weighted by Crippen LogP contribution is -2.25. The molecule has 1 saturated carbocycles. The fourth-order valence-corrected chi connectivity index (χ4v) is 2.25. The molecule has 1 aromatic carbocycles. The maximum Gasteiger partial charge on any atom is 0.124 e. The molecule has 0 bridgehead atoms. The predicted octanol–water partition coefficient (Wildman–Crippen LogP) is 2.39. The maximum atomic E-state index is 9.69. The van der Waals surface area contributed by atoms with Crippen LogP contribution >= 0.6 is 0 Å². The molecule has 1 aliphatic rings. The topological polar surface area (TPSA) is 55.5 Å². The van der Waals surface area contributed by atoms with Crippen LogP contribution in [0.4, 0.5) is 0 Å². The molecule has 0 amide bonds. The lowest BCUT2D eigenvalue weighted by atomic mass is 10.1. The van der Waals surface area contributed by atoms with Gasteiger partial charge in [0.2, 0.25) is 0 Å². The highest BCUT2D eigenvalue weighted by molar-refractivity contribution is 5.29. The van der Waals surface area contributed by atoms with Crippen molar-refractivity contribution in [3.63, 3.8) is 0 Å². The van der Waals surface area contributed by atoms with Crippen molar-refractivity contribution in [1.29, 1.82) is 0 Å². The molecule has 1 aromatic rings. The molecule has 0 heterocycles. The Morgan fingerprint density at radius 3 is 2.59 bits per heavy atom. The van der Waals surface area contributed by atoms with Crippen LogP contribution in [0.2, 0.25) is 0 Å². The van der Waals surface area contributed by atoms with E-state index in [1.54, 1.807) is 0 Å². The molecule has 1 fully saturated rings. The van der Waals surface area contributed by atoms with Gasteiger partial charge in [-0.2, -0.15) is 0 Å². The Hall–Kier alpha value is -1.06. The zero-order valence-electron chi connectivity index (χ0n) is 10.3. The summed E-state index contributed by atoms with van der Waals surface area (Å²) in [7, 11) is 0. The van der Waals surface area contributed by atoms with Crippen LogP contribution in [-0.4, -0.2) is 17.3 Å². The zero-order chi connectivity index (χ0) is 12.3. The average molecular weight is 235 g/mol. The van der Waals surface area contributed by atoms with Crippen LogP contribution in [0.25, 0.3) is 0 Å². The van der Waals surface area contributed by atoms with Crippen molar-refractivity contribution in [2.24, 2.45) is 5.73 Å². The van der Waals surface area contributed by atoms with E-state index in [9.17, 15) is 5.11 Å². The van der Waals surface area contributed by atoms with Gasteiger partial charge in [-0.05, 0) is 43.4 Å². The monoisotopic (exact) mass is 235 g/mol. The second-order valence-corrected chi connectivity index (χ2v) is 4.74. The van der Waals surface area contributed by atoms with Gasteiger partial charge in [0.05, 0.1) is 6.10 Å². The van der Waals surface area contributed by atoms with Crippen LogP contribution in [0, 0.1) is 0 Å². The summed E-state index contributed by atoms with van der Waals surface area (Å²) in [6.45, 7) is 2.07. The lowest BCUT2D eigenvalue weighted by molar-refractivity contribution is 0.0604. The standard InChI is InChI=1S/C14H21NO2/c1-2-12(15)10-6-8-11(9-7-10)17-14-5-3-4-13(14)16/h6-9,12-14,16H,2-5,15H2,1H3/t12-,13?,14?/m0/s1. The Labute approximate surface area is 103 Å². The highest BCUT2D eigenvalue weighted by Gasteiger charge is 2.26. The largest absolute Gasteiger partial charge is 0.488 e. The van der Waals surface area contributed by atoms with E-state index in [1.807, 2.05) is 24.3 Å². The number of ether oxygens (including phenoxy) is 1. The first kappa shape index (κ1) is 12.4. The van der Waals surface area contributed by atoms with Crippen LogP contribution < -0.4 is 10.5 Å². The summed E-state index contributed by atoms with van der Waals surface area (Å²) in [5.74, 6) is 0.822. The second kappa shape index (κ2) is 5.52. The number of hydrogen-bond acceptors (Lipinski definition) is 3. The van der Waals surface area contributed by atoms with Gasteiger partial charge in [0.25, 0.3) is 0 Å². The van der Waals surface area contributed by atoms with E-state index in [0.29, 0.717) is 0 Å². The minimum Gasteiger partial charge on any atom is -0.488 e. The van der Waals surface area contributed by atoms with Crippen LogP contribution in [0.3, 0.4) is 0 Å². The third kappa shape index (κ3) is 2.99. The number of hydrogen-bond donors (Lipinski definition) is 2. The van der Waals surface area contributed by atoms with Gasteiger partial charge in [0.1, 0.15) is 11.9 Å². The summed E-state index contributed by atoms with van der Waals surface area (Å²) in [6, 6.07) is 7.99. The molecular formula is C14H21NO2. The minimum atomic E-state index is -0.312. The van der Waals surface area contributed by atoms with E-state index in [-0.39, 0.29) is 18.2 Å². The van der Waals surface area contributed by atoms with Gasteiger partial charge in [-0.15, -0.1) is 0 Å². The maximum absolute atomic E-state index is 9.69. The van der Waals surface area contributed by atoms with Crippen molar-refractivity contribution in [3.05, 3.63) is 29.8 Å². The lowest BCUT2D eigenvalue weighted by Gasteiger charge is -2.17. The Morgan fingerprint density at radius 1 is 1.35 bits per heavy atom. The molecule has 2 unspecified atom stereocenters. The molecule has 0 radical (unpaired) electrons. The van der Waals surface area contributed by atoms with Crippen molar-refractivity contribution in [3.8, 4) is 5.75 Å². The van der Waals surface area contributed by atoms with Crippen molar-refractivity contribution in [2.75, 3.05) is 0 Å². The first-order valence-corrected chi connectivity index (χ1v) is 6.41. The van der Waals surface area contributed by atoms with Crippen molar-refractivity contribution >= 4 is 0 Å². The third-order valence-corrected chi connectivity index (χ3v) is 3.45. The van der Waals surface area contributed by atoms with E-state index in [4.69, 9.17) is 10.5 Å². The summed E-state index contributed by atoms with van der Waals surface area (Å²) in [6.07, 6.45) is 3.42. The van der Waals surface area contributed by atoms with Crippen LogP contribution in [0.5, 0.6) is 5.75 Å². The molecule has 17 heavy (non-hydrogen) atoms. The molecule has 0 spiro atoms. The van der Waals surface area contributed by atoms with Gasteiger partial charge in [-0.3, -0.25) is 0 Å². The SMILES string of the molecule is CC[C@H](N)c1ccc(OC2CCCC2O)cc1. The summed E-state index contributed by atoms with van der Waals surface area (Å²) in [5.41, 5.74) is 7.08. The summed E-state index contributed by atoms with van der Waals surface area (Å²) in [5, 5.41) is 9.69. The summed E-state index contributed by atoms with van der Waals surface area (Å²) in [4.78, 5) is 0. The van der Waals surface area contributed by atoms with Gasteiger partial charge in [0.15, 0.2) is 0 Å². The minimum absolute atomic E-state index is 0.0410. The Balaban J connectivity index is 1.98. The van der Waals surface area contributed by atoms with E-state index in [0.717, 1.165) is 37.0 Å². The smallest absolute Gasteiger partial charge is 0.124 e. The van der Waals surface area contributed by atoms with Crippen LogP contribution in [0.15, 0.2) is 24.3 Å². The zero-order valence-corrected chi connectivity index (χ0v) is 10.3. The van der Waals surface area contributed by atoms with Gasteiger partial charge in [0, 0.05) is 6.04 Å². The summed E-state index contributed by atoms with van der Waals surface area (Å²) < 4.78 is 5.77. The molecule has 3 N–H and O–H groups in total. The number of aliphatic hydroxyl groups is 1. The average Bonchev–Trinajstić information content (AvgIpc) is 2.75. The fraction of sp³-hybridized carbons (Fsp3) is 0.571. The highest BCUT2D eigenvalue weighted by Crippen LogP contribution is 2.25. The van der Waals surface area contributed by atoms with Crippen molar-refractivity contribution in [1.82, 2.24) is 0 Å². The van der Waals surface area contributed by atoms with Gasteiger partial charge < -0.3 is 15.6 Å². The molecule has 1 aliphatic carbocycles. The van der Waals surface area contributed by atoms with Crippen molar-refractivity contribution in [2.45, 2.75) is 50.9 Å². The van der Waals surface area contributed by atoms with Crippen LogP contribution in [-0.2, 0) is 0 Å². The van der Waals surface area contributed by atoms with E-state index < -0.39 is 0 Å². The fourth-order valence-electron chi connectivity index (χ4n) is 2.25. The predicted molar refractivity (Wildman–Crippen MR) is 67.9 cm³/mol. The summed E-state index contributed by atoms with van der Waals surface area (Å²) >= 11 is 0. The molecular weight excluding hydrogens is 214 g/mol. The Kier molecular flexibility index (Phi) is 4.02. The second-order valence-electron chi connectivity index (χ2n) is 4.74. The Bertz CT molecular complexity index is 350. The number of benzene rings is 1.